The summed E-state index contributed by atoms with van der Waals surface area (Å²) < 4.78 is 2.38. The zero-order valence-corrected chi connectivity index (χ0v) is 20.4. The van der Waals surface area contributed by atoms with Gasteiger partial charge >= 0.3 is 0 Å². The number of aryl methyl sites for hydroxylation is 1. The number of nitrogens with zero attached hydrogens (tertiary/aromatic N) is 4. The lowest BCUT2D eigenvalue weighted by molar-refractivity contribution is -0.131. The number of aromatic nitrogens is 4. The van der Waals surface area contributed by atoms with Crippen molar-refractivity contribution in [1.82, 2.24) is 24.6 Å². The molecule has 36 heavy (non-hydrogen) atoms. The van der Waals surface area contributed by atoms with E-state index < -0.39 is 0 Å². The van der Waals surface area contributed by atoms with Crippen LogP contribution in [0.1, 0.15) is 24.8 Å². The number of rotatable bonds is 5. The van der Waals surface area contributed by atoms with E-state index in [0.29, 0.717) is 17.7 Å². The SMILES string of the molecule is Cc1ccc2nc(-c3ccc(-c4ccc5cn[nH]c5c4)cc3)n(CC3CCN(C(=O)C4CC4)C3)c2c1. The molecule has 1 aliphatic heterocycles. The second kappa shape index (κ2) is 8.33. The molecule has 0 spiro atoms. The Hall–Kier alpha value is -3.93. The van der Waals surface area contributed by atoms with Gasteiger partial charge in [0.2, 0.25) is 5.91 Å². The number of aromatic amines is 1. The predicted octanol–water partition coefficient (Wildman–Crippen LogP) is 5.81. The molecule has 1 aliphatic carbocycles. The highest BCUT2D eigenvalue weighted by Gasteiger charge is 2.36. The lowest BCUT2D eigenvalue weighted by Gasteiger charge is -2.18. The van der Waals surface area contributed by atoms with Crippen molar-refractivity contribution in [2.75, 3.05) is 13.1 Å². The second-order valence-electron chi connectivity index (χ2n) is 10.5. The maximum absolute atomic E-state index is 12.6. The first-order valence-corrected chi connectivity index (χ1v) is 12.9. The number of imidazole rings is 1. The van der Waals surface area contributed by atoms with Crippen molar-refractivity contribution >= 4 is 27.8 Å². The van der Waals surface area contributed by atoms with E-state index in [9.17, 15) is 4.79 Å². The summed E-state index contributed by atoms with van der Waals surface area (Å²) in [7, 11) is 0. The fourth-order valence-electron chi connectivity index (χ4n) is 5.59. The van der Waals surface area contributed by atoms with Crippen LogP contribution in [0.3, 0.4) is 0 Å². The molecule has 5 aromatic rings. The number of hydrogen-bond donors (Lipinski definition) is 1. The van der Waals surface area contributed by atoms with E-state index >= 15 is 0 Å². The maximum Gasteiger partial charge on any atom is 0.225 e. The molecule has 1 amide bonds. The Labute approximate surface area is 210 Å². The van der Waals surface area contributed by atoms with Crippen molar-refractivity contribution in [3.05, 3.63) is 72.4 Å². The second-order valence-corrected chi connectivity index (χ2v) is 10.5. The van der Waals surface area contributed by atoms with Gasteiger partial charge in [-0.3, -0.25) is 9.89 Å². The summed E-state index contributed by atoms with van der Waals surface area (Å²) in [6, 6.07) is 21.6. The number of fused-ring (bicyclic) bond motifs is 2. The van der Waals surface area contributed by atoms with Crippen LogP contribution in [-0.2, 0) is 11.3 Å². The van der Waals surface area contributed by atoms with Crippen molar-refractivity contribution in [3.63, 3.8) is 0 Å². The predicted molar refractivity (Wildman–Crippen MR) is 142 cm³/mol. The topological polar surface area (TPSA) is 66.8 Å². The molecule has 3 heterocycles. The molecule has 180 valence electrons. The molecule has 2 aliphatic rings. The summed E-state index contributed by atoms with van der Waals surface area (Å²) in [6.07, 6.45) is 5.04. The van der Waals surface area contributed by atoms with Crippen LogP contribution in [0.15, 0.2) is 66.9 Å². The van der Waals surface area contributed by atoms with Gasteiger partial charge in [-0.15, -0.1) is 0 Å². The number of benzene rings is 3. The molecule has 1 unspecified atom stereocenters. The molecule has 0 radical (unpaired) electrons. The van der Waals surface area contributed by atoms with Gasteiger partial charge in [0.25, 0.3) is 0 Å². The first kappa shape index (κ1) is 21.4. The van der Waals surface area contributed by atoms with Crippen LogP contribution < -0.4 is 0 Å². The zero-order valence-electron chi connectivity index (χ0n) is 20.4. The molecule has 1 atom stereocenters. The maximum atomic E-state index is 12.6. The van der Waals surface area contributed by atoms with Gasteiger partial charge in [0, 0.05) is 36.5 Å². The van der Waals surface area contributed by atoms with Gasteiger partial charge in [0.1, 0.15) is 5.82 Å². The molecule has 7 rings (SSSR count). The summed E-state index contributed by atoms with van der Waals surface area (Å²) in [5, 5.41) is 8.31. The van der Waals surface area contributed by atoms with Gasteiger partial charge in [-0.1, -0.05) is 42.5 Å². The molecule has 3 aromatic carbocycles. The van der Waals surface area contributed by atoms with E-state index in [1.807, 2.05) is 6.20 Å². The quantitative estimate of drug-likeness (QED) is 0.349. The van der Waals surface area contributed by atoms with Crippen LogP contribution in [0.4, 0.5) is 0 Å². The standard InChI is InChI=1S/C30H29N5O/c1-19-2-11-26-28(14-19)35(18-20-12-13-34(17-20)30(36)23-7-8-23)29(32-26)22-5-3-21(4-6-22)24-9-10-25-16-31-33-27(25)15-24/h2-6,9-11,14-16,20,23H,7-8,12-13,17-18H2,1H3,(H,31,33). The van der Waals surface area contributed by atoms with Crippen molar-refractivity contribution in [2.24, 2.45) is 11.8 Å². The minimum Gasteiger partial charge on any atom is -0.342 e. The van der Waals surface area contributed by atoms with E-state index in [0.717, 1.165) is 72.3 Å². The van der Waals surface area contributed by atoms with Crippen molar-refractivity contribution in [1.29, 1.82) is 0 Å². The highest BCUT2D eigenvalue weighted by molar-refractivity contribution is 5.85. The Morgan fingerprint density at radius 3 is 2.61 bits per heavy atom. The molecule has 2 fully saturated rings. The molecule has 6 heteroatoms. The highest BCUT2D eigenvalue weighted by Crippen LogP contribution is 2.34. The first-order valence-electron chi connectivity index (χ1n) is 12.9. The Bertz CT molecular complexity index is 1590. The number of nitrogens with one attached hydrogen (secondary N) is 1. The summed E-state index contributed by atoms with van der Waals surface area (Å²) in [5.74, 6) is 2.11. The summed E-state index contributed by atoms with van der Waals surface area (Å²) >= 11 is 0. The summed E-state index contributed by atoms with van der Waals surface area (Å²) in [4.78, 5) is 19.8. The molecule has 1 saturated carbocycles. The minimum atomic E-state index is 0.295. The third kappa shape index (κ3) is 3.77. The van der Waals surface area contributed by atoms with Gasteiger partial charge in [-0.2, -0.15) is 5.10 Å². The number of hydrogen-bond acceptors (Lipinski definition) is 3. The smallest absolute Gasteiger partial charge is 0.225 e. The number of likely N-dealkylation sites (tertiary alicyclic amines) is 1. The Balaban J connectivity index is 1.21. The number of carbonyl (C=O) groups is 1. The molecule has 0 bridgehead atoms. The van der Waals surface area contributed by atoms with E-state index in [1.165, 1.54) is 16.6 Å². The van der Waals surface area contributed by atoms with Crippen LogP contribution >= 0.6 is 0 Å². The third-order valence-corrected chi connectivity index (χ3v) is 7.79. The normalized spacial score (nSPS) is 17.9. The highest BCUT2D eigenvalue weighted by atomic mass is 16.2. The lowest BCUT2D eigenvalue weighted by Crippen LogP contribution is -2.30. The van der Waals surface area contributed by atoms with Crippen molar-refractivity contribution < 1.29 is 4.79 Å². The Kier molecular flexibility index (Phi) is 4.94. The lowest BCUT2D eigenvalue weighted by atomic mass is 10.0. The van der Waals surface area contributed by atoms with Gasteiger partial charge in [-0.05, 0) is 67.0 Å². The van der Waals surface area contributed by atoms with E-state index in [1.54, 1.807) is 0 Å². The molecule has 2 aromatic heterocycles. The van der Waals surface area contributed by atoms with Crippen LogP contribution in [0.2, 0.25) is 0 Å². The van der Waals surface area contributed by atoms with Gasteiger partial charge < -0.3 is 9.47 Å². The van der Waals surface area contributed by atoms with E-state index in [4.69, 9.17) is 4.98 Å². The first-order chi connectivity index (χ1) is 17.6. The molecular weight excluding hydrogens is 446 g/mol. The largest absolute Gasteiger partial charge is 0.342 e. The zero-order chi connectivity index (χ0) is 24.2. The number of H-pyrrole nitrogens is 1. The van der Waals surface area contributed by atoms with Crippen molar-refractivity contribution in [2.45, 2.75) is 32.7 Å². The van der Waals surface area contributed by atoms with Crippen LogP contribution in [0.5, 0.6) is 0 Å². The minimum absolute atomic E-state index is 0.295. The monoisotopic (exact) mass is 475 g/mol. The van der Waals surface area contributed by atoms with Crippen molar-refractivity contribution in [3.8, 4) is 22.5 Å². The Morgan fingerprint density at radius 1 is 0.972 bits per heavy atom. The van der Waals surface area contributed by atoms with Crippen LogP contribution in [0, 0.1) is 18.8 Å². The Morgan fingerprint density at radius 2 is 1.78 bits per heavy atom. The van der Waals surface area contributed by atoms with Gasteiger partial charge in [-0.25, -0.2) is 4.98 Å². The van der Waals surface area contributed by atoms with Crippen LogP contribution in [0.25, 0.3) is 44.5 Å². The fourth-order valence-corrected chi connectivity index (χ4v) is 5.59. The summed E-state index contributed by atoms with van der Waals surface area (Å²) in [6.45, 7) is 4.75. The third-order valence-electron chi connectivity index (χ3n) is 7.79. The van der Waals surface area contributed by atoms with Gasteiger partial charge in [0.15, 0.2) is 0 Å². The van der Waals surface area contributed by atoms with Crippen LogP contribution in [-0.4, -0.2) is 43.6 Å². The molecule has 6 nitrogen and oxygen atoms in total. The molecule has 1 saturated heterocycles. The molecule has 1 N–H and O–H groups in total. The summed E-state index contributed by atoms with van der Waals surface area (Å²) in [5.41, 5.74) is 7.90. The van der Waals surface area contributed by atoms with E-state index in [-0.39, 0.29) is 0 Å². The molecular formula is C30H29N5O. The van der Waals surface area contributed by atoms with E-state index in [2.05, 4.69) is 87.3 Å². The van der Waals surface area contributed by atoms with Gasteiger partial charge in [0.05, 0.1) is 22.7 Å². The number of carbonyl (C=O) groups excluding carboxylic acids is 1. The number of amides is 1. The average Bonchev–Trinajstić information content (AvgIpc) is 3.30. The average molecular weight is 476 g/mol. The fraction of sp³-hybridized carbons (Fsp3) is 0.300.